The third kappa shape index (κ3) is 5.54. The maximum absolute atomic E-state index is 11.6. The average Bonchev–Trinajstić information content (AvgIpc) is 2.77. The van der Waals surface area contributed by atoms with Crippen molar-refractivity contribution in [1.82, 2.24) is 15.1 Å². The van der Waals surface area contributed by atoms with E-state index in [-0.39, 0.29) is 12.5 Å². The van der Waals surface area contributed by atoms with Crippen molar-refractivity contribution in [2.75, 3.05) is 13.2 Å². The Balaban J connectivity index is 2.40. The number of hydrogen-bond acceptors (Lipinski definition) is 4. The molecular weight excluding hydrogens is 246 g/mol. The van der Waals surface area contributed by atoms with Crippen LogP contribution >= 0.6 is 0 Å². The average molecular weight is 267 g/mol. The number of nitrogens with one attached hydrogen (secondary N) is 1. The highest BCUT2D eigenvalue weighted by atomic mass is 16.5. The highest BCUT2D eigenvalue weighted by molar-refractivity contribution is 5.88. The van der Waals surface area contributed by atoms with Gasteiger partial charge in [-0.15, -0.1) is 0 Å². The summed E-state index contributed by atoms with van der Waals surface area (Å²) in [6.45, 7) is 7.03. The molecule has 0 fully saturated rings. The Morgan fingerprint density at radius 3 is 2.84 bits per heavy atom. The zero-order valence-corrected chi connectivity index (χ0v) is 11.7. The zero-order chi connectivity index (χ0) is 14.3. The summed E-state index contributed by atoms with van der Waals surface area (Å²) in [6, 6.07) is 0. The van der Waals surface area contributed by atoms with Crippen molar-refractivity contribution in [2.24, 2.45) is 5.92 Å². The Kier molecular flexibility index (Phi) is 6.05. The SMILES string of the molecule is CCOC(=O)c1cnn(CC(=O)NCCC(C)C)c1. The summed E-state index contributed by atoms with van der Waals surface area (Å²) in [6.07, 6.45) is 3.86. The molecule has 0 saturated heterocycles. The highest BCUT2D eigenvalue weighted by Gasteiger charge is 2.10. The first-order chi connectivity index (χ1) is 9.02. The summed E-state index contributed by atoms with van der Waals surface area (Å²) < 4.78 is 6.27. The van der Waals surface area contributed by atoms with E-state index in [0.29, 0.717) is 24.6 Å². The predicted molar refractivity (Wildman–Crippen MR) is 70.6 cm³/mol. The number of esters is 1. The molecule has 6 heteroatoms. The number of ether oxygens (including phenoxy) is 1. The third-order valence-electron chi connectivity index (χ3n) is 2.49. The van der Waals surface area contributed by atoms with Gasteiger partial charge in [0.05, 0.1) is 18.4 Å². The maximum Gasteiger partial charge on any atom is 0.341 e. The van der Waals surface area contributed by atoms with E-state index in [2.05, 4.69) is 24.3 Å². The van der Waals surface area contributed by atoms with E-state index < -0.39 is 5.97 Å². The Morgan fingerprint density at radius 1 is 1.47 bits per heavy atom. The first kappa shape index (κ1) is 15.2. The fraction of sp³-hybridized carbons (Fsp3) is 0.615. The third-order valence-corrected chi connectivity index (χ3v) is 2.49. The minimum Gasteiger partial charge on any atom is -0.462 e. The maximum atomic E-state index is 11.6. The van der Waals surface area contributed by atoms with Crippen molar-refractivity contribution in [3.05, 3.63) is 18.0 Å². The molecule has 1 rings (SSSR count). The van der Waals surface area contributed by atoms with Gasteiger partial charge < -0.3 is 10.1 Å². The van der Waals surface area contributed by atoms with Crippen LogP contribution in [0.5, 0.6) is 0 Å². The van der Waals surface area contributed by atoms with Gasteiger partial charge in [0, 0.05) is 12.7 Å². The lowest BCUT2D eigenvalue weighted by Crippen LogP contribution is -2.29. The zero-order valence-electron chi connectivity index (χ0n) is 11.7. The van der Waals surface area contributed by atoms with Gasteiger partial charge in [-0.3, -0.25) is 9.48 Å². The largest absolute Gasteiger partial charge is 0.462 e. The van der Waals surface area contributed by atoms with Gasteiger partial charge in [0.1, 0.15) is 6.54 Å². The van der Waals surface area contributed by atoms with Gasteiger partial charge in [-0.1, -0.05) is 13.8 Å². The molecule has 0 atom stereocenters. The van der Waals surface area contributed by atoms with E-state index in [1.165, 1.54) is 17.1 Å². The first-order valence-corrected chi connectivity index (χ1v) is 6.49. The molecule has 0 aliphatic heterocycles. The molecule has 0 aliphatic carbocycles. The summed E-state index contributed by atoms with van der Waals surface area (Å²) in [5, 5.41) is 6.77. The van der Waals surface area contributed by atoms with Crippen LogP contribution in [0.25, 0.3) is 0 Å². The van der Waals surface area contributed by atoms with Crippen LogP contribution < -0.4 is 5.32 Å². The standard InChI is InChI=1S/C13H21N3O3/c1-4-19-13(18)11-7-15-16(8-11)9-12(17)14-6-5-10(2)3/h7-8,10H,4-6,9H2,1-3H3,(H,14,17). The Morgan fingerprint density at radius 2 is 2.21 bits per heavy atom. The van der Waals surface area contributed by atoms with Crippen molar-refractivity contribution in [3.63, 3.8) is 0 Å². The Hall–Kier alpha value is -1.85. The van der Waals surface area contributed by atoms with Gasteiger partial charge >= 0.3 is 5.97 Å². The van der Waals surface area contributed by atoms with Crippen molar-refractivity contribution in [3.8, 4) is 0 Å². The fourth-order valence-electron chi connectivity index (χ4n) is 1.47. The number of aromatic nitrogens is 2. The number of hydrogen-bond donors (Lipinski definition) is 1. The van der Waals surface area contributed by atoms with Gasteiger partial charge in [-0.25, -0.2) is 4.79 Å². The molecule has 106 valence electrons. The second-order valence-electron chi connectivity index (χ2n) is 4.68. The molecule has 0 radical (unpaired) electrons. The monoisotopic (exact) mass is 267 g/mol. The predicted octanol–water partition coefficient (Wildman–Crippen LogP) is 1.22. The molecule has 1 aromatic rings. The van der Waals surface area contributed by atoms with E-state index in [4.69, 9.17) is 4.74 Å². The minimum absolute atomic E-state index is 0.109. The van der Waals surface area contributed by atoms with Crippen molar-refractivity contribution >= 4 is 11.9 Å². The molecule has 0 spiro atoms. The van der Waals surface area contributed by atoms with Crippen LogP contribution in [0.2, 0.25) is 0 Å². The van der Waals surface area contributed by atoms with Crippen LogP contribution in [0.3, 0.4) is 0 Å². The van der Waals surface area contributed by atoms with E-state index >= 15 is 0 Å². The highest BCUT2D eigenvalue weighted by Crippen LogP contribution is 2.01. The van der Waals surface area contributed by atoms with E-state index in [1.807, 2.05) is 0 Å². The summed E-state index contributed by atoms with van der Waals surface area (Å²) in [5.74, 6) is 0.0218. The Bertz CT molecular complexity index is 427. The van der Waals surface area contributed by atoms with Gasteiger partial charge in [0.15, 0.2) is 0 Å². The second kappa shape index (κ2) is 7.56. The van der Waals surface area contributed by atoms with Crippen LogP contribution in [0.4, 0.5) is 0 Å². The van der Waals surface area contributed by atoms with Gasteiger partial charge in [0.2, 0.25) is 5.91 Å². The molecule has 19 heavy (non-hydrogen) atoms. The van der Waals surface area contributed by atoms with Crippen LogP contribution in [-0.4, -0.2) is 34.8 Å². The lowest BCUT2D eigenvalue weighted by molar-refractivity contribution is -0.121. The van der Waals surface area contributed by atoms with Crippen LogP contribution in [0, 0.1) is 5.92 Å². The molecule has 0 bridgehead atoms. The second-order valence-corrected chi connectivity index (χ2v) is 4.68. The molecule has 1 heterocycles. The summed E-state index contributed by atoms with van der Waals surface area (Å²) in [4.78, 5) is 23.0. The van der Waals surface area contributed by atoms with E-state index in [0.717, 1.165) is 6.42 Å². The normalized spacial score (nSPS) is 10.5. The van der Waals surface area contributed by atoms with Crippen LogP contribution in [0.15, 0.2) is 12.4 Å². The van der Waals surface area contributed by atoms with E-state index in [1.54, 1.807) is 6.92 Å². The molecule has 6 nitrogen and oxygen atoms in total. The number of nitrogens with zero attached hydrogens (tertiary/aromatic N) is 2. The van der Waals surface area contributed by atoms with Gasteiger partial charge in [-0.05, 0) is 19.3 Å². The molecule has 0 unspecified atom stereocenters. The Labute approximate surface area is 113 Å². The molecular formula is C13H21N3O3. The first-order valence-electron chi connectivity index (χ1n) is 6.49. The minimum atomic E-state index is -0.422. The van der Waals surface area contributed by atoms with Crippen molar-refractivity contribution < 1.29 is 14.3 Å². The topological polar surface area (TPSA) is 73.2 Å². The molecule has 0 aliphatic rings. The number of amides is 1. The van der Waals surface area contributed by atoms with Crippen molar-refractivity contribution in [1.29, 1.82) is 0 Å². The number of rotatable bonds is 7. The lowest BCUT2D eigenvalue weighted by atomic mass is 10.1. The molecule has 0 saturated carbocycles. The summed E-state index contributed by atoms with van der Waals surface area (Å²) >= 11 is 0. The van der Waals surface area contributed by atoms with Crippen LogP contribution in [0.1, 0.15) is 37.6 Å². The molecule has 1 N–H and O–H groups in total. The molecule has 0 aromatic carbocycles. The fourth-order valence-corrected chi connectivity index (χ4v) is 1.47. The molecule has 1 aromatic heterocycles. The van der Waals surface area contributed by atoms with Gasteiger partial charge in [-0.2, -0.15) is 5.10 Å². The summed E-state index contributed by atoms with van der Waals surface area (Å²) in [5.41, 5.74) is 0.358. The summed E-state index contributed by atoms with van der Waals surface area (Å²) in [7, 11) is 0. The van der Waals surface area contributed by atoms with E-state index in [9.17, 15) is 9.59 Å². The number of carbonyl (C=O) groups is 2. The lowest BCUT2D eigenvalue weighted by Gasteiger charge is -2.07. The quantitative estimate of drug-likeness (QED) is 0.754. The molecule has 1 amide bonds. The smallest absolute Gasteiger partial charge is 0.341 e. The van der Waals surface area contributed by atoms with Crippen LogP contribution in [-0.2, 0) is 16.1 Å². The van der Waals surface area contributed by atoms with Crippen molar-refractivity contribution in [2.45, 2.75) is 33.7 Å². The van der Waals surface area contributed by atoms with Gasteiger partial charge in [0.25, 0.3) is 0 Å². The number of carbonyl (C=O) groups excluding carboxylic acids is 2.